The number of rotatable bonds is 13. The van der Waals surface area contributed by atoms with Gasteiger partial charge in [0.15, 0.2) is 8.32 Å². The normalized spacial score (nSPS) is 13.7. The summed E-state index contributed by atoms with van der Waals surface area (Å²) in [7, 11) is -6.22. The average Bonchev–Trinajstić information content (AvgIpc) is 2.97. The van der Waals surface area contributed by atoms with Crippen LogP contribution in [-0.4, -0.2) is 58.4 Å². The van der Waals surface area contributed by atoms with E-state index >= 15 is 0 Å². The fourth-order valence-electron chi connectivity index (χ4n) is 4.53. The number of hydrogen-bond acceptors (Lipinski definition) is 7. The second-order valence-electron chi connectivity index (χ2n) is 14.5. The molecule has 0 saturated heterocycles. The highest BCUT2D eigenvalue weighted by Gasteiger charge is 2.41. The Morgan fingerprint density at radius 2 is 1.54 bits per heavy atom. The van der Waals surface area contributed by atoms with Crippen LogP contribution in [0.3, 0.4) is 0 Å². The van der Waals surface area contributed by atoms with Gasteiger partial charge in [0.1, 0.15) is 5.60 Å². The lowest BCUT2D eigenvalue weighted by atomic mass is 10.1. The Balaban J connectivity index is 1.75. The highest BCUT2D eigenvalue weighted by atomic mass is 35.5. The van der Waals surface area contributed by atoms with Crippen LogP contribution in [0, 0.1) is 0 Å². The molecule has 0 saturated carbocycles. The molecule has 0 aromatic heterocycles. The van der Waals surface area contributed by atoms with Crippen LogP contribution in [0.4, 0.5) is 10.5 Å². The van der Waals surface area contributed by atoms with E-state index < -0.39 is 42.0 Å². The van der Waals surface area contributed by atoms with Crippen LogP contribution in [0.1, 0.15) is 65.7 Å². The number of nitrogens with one attached hydrogen (secondary N) is 2. The lowest BCUT2D eigenvalue weighted by Crippen LogP contribution is -2.49. The van der Waals surface area contributed by atoms with Gasteiger partial charge in [-0.25, -0.2) is 17.9 Å². The molecular formula is C36H50ClN3O6SSi. The number of halogens is 1. The van der Waals surface area contributed by atoms with Gasteiger partial charge >= 0.3 is 6.09 Å². The van der Waals surface area contributed by atoms with Gasteiger partial charge in [-0.15, -0.1) is 0 Å². The van der Waals surface area contributed by atoms with Gasteiger partial charge in [-0.2, -0.15) is 0 Å². The largest absolute Gasteiger partial charge is 0.444 e. The van der Waals surface area contributed by atoms with E-state index in [1.54, 1.807) is 35.2 Å². The zero-order valence-corrected chi connectivity index (χ0v) is 32.0. The number of nitrogens with zero attached hydrogens (tertiary/aromatic N) is 1. The second-order valence-corrected chi connectivity index (χ2v) is 21.4. The maximum atomic E-state index is 13.7. The molecule has 2 atom stereocenters. The predicted octanol–water partition coefficient (Wildman–Crippen LogP) is 8.19. The topological polar surface area (TPSA) is 114 Å². The Labute approximate surface area is 292 Å². The SMILES string of the molecule is C[C@H](CNc1ccc(CC(=O)NS(=O)(=O)c2ccccc2)cc1)N(C[C@H](O[Si](C)(C)C(C)(C)C)c1cccc(Cl)c1)C(=O)OC(C)(C)C. The number of hydrogen-bond donors (Lipinski definition) is 2. The first kappa shape index (κ1) is 39.1. The molecule has 0 aliphatic heterocycles. The monoisotopic (exact) mass is 715 g/mol. The van der Waals surface area contributed by atoms with E-state index in [4.69, 9.17) is 20.8 Å². The highest BCUT2D eigenvalue weighted by Crippen LogP contribution is 2.40. The number of carbonyl (C=O) groups is 2. The molecule has 0 aliphatic rings. The standard InChI is InChI=1S/C36H50ClN3O6SSi/c1-26(24-38-30-20-18-27(19-21-30)22-33(41)39-47(43,44)31-16-11-10-12-17-31)40(34(42)45-35(2,3)4)25-32(28-14-13-15-29(37)23-28)46-48(8,9)36(5,6)7/h10-21,23,26,32,38H,22,24-25H2,1-9H3,(H,39,41)/t26-,32+/m1/s1. The zero-order chi connectivity index (χ0) is 35.9. The first-order valence-corrected chi connectivity index (χ1v) is 20.8. The summed E-state index contributed by atoms with van der Waals surface area (Å²) < 4.78 is 39.9. The van der Waals surface area contributed by atoms with Crippen LogP contribution in [0.15, 0.2) is 83.8 Å². The molecule has 48 heavy (non-hydrogen) atoms. The van der Waals surface area contributed by atoms with Crippen molar-refractivity contribution in [1.29, 1.82) is 0 Å². The van der Waals surface area contributed by atoms with Gasteiger partial charge in [-0.05, 0) is 93.4 Å². The van der Waals surface area contributed by atoms with Gasteiger partial charge in [0.2, 0.25) is 5.91 Å². The number of ether oxygens (including phenoxy) is 1. The smallest absolute Gasteiger partial charge is 0.410 e. The van der Waals surface area contributed by atoms with E-state index in [2.05, 4.69) is 43.9 Å². The van der Waals surface area contributed by atoms with E-state index in [-0.39, 0.29) is 28.9 Å². The fourth-order valence-corrected chi connectivity index (χ4v) is 7.01. The maximum absolute atomic E-state index is 13.7. The van der Waals surface area contributed by atoms with Crippen molar-refractivity contribution in [2.75, 3.05) is 18.4 Å². The van der Waals surface area contributed by atoms with Crippen LogP contribution in [-0.2, 0) is 30.4 Å². The Kier molecular flexibility index (Phi) is 12.9. The fraction of sp³-hybridized carbons (Fsp3) is 0.444. The van der Waals surface area contributed by atoms with Gasteiger partial charge in [-0.3, -0.25) is 4.79 Å². The van der Waals surface area contributed by atoms with E-state index in [9.17, 15) is 18.0 Å². The Morgan fingerprint density at radius 1 is 0.917 bits per heavy atom. The van der Waals surface area contributed by atoms with E-state index in [0.29, 0.717) is 17.1 Å². The van der Waals surface area contributed by atoms with Crippen molar-refractivity contribution in [3.63, 3.8) is 0 Å². The van der Waals surface area contributed by atoms with Crippen LogP contribution < -0.4 is 10.0 Å². The van der Waals surface area contributed by atoms with Crippen LogP contribution in [0.25, 0.3) is 0 Å². The lowest BCUT2D eigenvalue weighted by molar-refractivity contribution is -0.118. The zero-order valence-electron chi connectivity index (χ0n) is 29.5. The van der Waals surface area contributed by atoms with Gasteiger partial charge in [0.25, 0.3) is 10.0 Å². The summed E-state index contributed by atoms with van der Waals surface area (Å²) >= 11 is 6.40. The first-order valence-electron chi connectivity index (χ1n) is 16.0. The van der Waals surface area contributed by atoms with Crippen molar-refractivity contribution in [3.8, 4) is 0 Å². The first-order chi connectivity index (χ1) is 22.2. The average molecular weight is 716 g/mol. The van der Waals surface area contributed by atoms with Crippen molar-refractivity contribution in [3.05, 3.63) is 95.0 Å². The molecule has 0 heterocycles. The van der Waals surface area contributed by atoms with Gasteiger partial charge < -0.3 is 19.4 Å². The highest BCUT2D eigenvalue weighted by molar-refractivity contribution is 7.90. The molecule has 2 amide bonds. The minimum atomic E-state index is -3.95. The van der Waals surface area contributed by atoms with E-state index in [1.165, 1.54) is 12.1 Å². The van der Waals surface area contributed by atoms with Crippen molar-refractivity contribution in [2.24, 2.45) is 0 Å². The molecule has 0 radical (unpaired) electrons. The van der Waals surface area contributed by atoms with Crippen molar-refractivity contribution >= 4 is 47.6 Å². The van der Waals surface area contributed by atoms with Gasteiger partial charge in [-0.1, -0.05) is 74.8 Å². The van der Waals surface area contributed by atoms with Crippen molar-refractivity contribution in [1.82, 2.24) is 9.62 Å². The number of benzene rings is 3. The molecule has 12 heteroatoms. The lowest BCUT2D eigenvalue weighted by Gasteiger charge is -2.41. The van der Waals surface area contributed by atoms with Crippen LogP contribution >= 0.6 is 11.6 Å². The quantitative estimate of drug-likeness (QED) is 0.172. The molecule has 0 bridgehead atoms. The molecular weight excluding hydrogens is 666 g/mol. The summed E-state index contributed by atoms with van der Waals surface area (Å²) in [6.45, 7) is 19.0. The summed E-state index contributed by atoms with van der Waals surface area (Å²) in [6, 6.07) is 22.2. The van der Waals surface area contributed by atoms with Crippen LogP contribution in [0.2, 0.25) is 23.2 Å². The minimum absolute atomic E-state index is 0.0258. The molecule has 0 spiro atoms. The molecule has 9 nitrogen and oxygen atoms in total. The number of carbonyl (C=O) groups excluding carboxylic acids is 2. The second kappa shape index (κ2) is 15.9. The van der Waals surface area contributed by atoms with Crippen LogP contribution in [0.5, 0.6) is 0 Å². The summed E-state index contributed by atoms with van der Waals surface area (Å²) in [6.07, 6.45) is -0.987. The summed E-state index contributed by atoms with van der Waals surface area (Å²) in [5.41, 5.74) is 1.61. The number of anilines is 1. The Morgan fingerprint density at radius 3 is 2.10 bits per heavy atom. The molecule has 2 N–H and O–H groups in total. The third kappa shape index (κ3) is 11.6. The molecule has 3 aromatic carbocycles. The van der Waals surface area contributed by atoms with Gasteiger partial charge in [0, 0.05) is 23.3 Å². The third-order valence-electron chi connectivity index (χ3n) is 8.21. The van der Waals surface area contributed by atoms with Crippen molar-refractivity contribution in [2.45, 2.75) is 95.7 Å². The molecule has 3 rings (SSSR count). The molecule has 262 valence electrons. The van der Waals surface area contributed by atoms with E-state index in [1.807, 2.05) is 64.1 Å². The molecule has 0 fully saturated rings. The maximum Gasteiger partial charge on any atom is 0.410 e. The van der Waals surface area contributed by atoms with Crippen molar-refractivity contribution < 1.29 is 27.2 Å². The van der Waals surface area contributed by atoms with Gasteiger partial charge in [0.05, 0.1) is 24.0 Å². The number of sulfonamides is 1. The molecule has 0 unspecified atom stereocenters. The molecule has 0 aliphatic carbocycles. The number of amides is 2. The predicted molar refractivity (Wildman–Crippen MR) is 195 cm³/mol. The summed E-state index contributed by atoms with van der Waals surface area (Å²) in [5, 5.41) is 3.91. The summed E-state index contributed by atoms with van der Waals surface area (Å²) in [4.78, 5) is 27.9. The minimum Gasteiger partial charge on any atom is -0.444 e. The Bertz CT molecular complexity index is 1640. The molecule has 3 aromatic rings. The Hall–Kier alpha value is -3.38. The summed E-state index contributed by atoms with van der Waals surface area (Å²) in [5.74, 6) is -0.629. The third-order valence-corrected chi connectivity index (χ3v) is 14.3. The van der Waals surface area contributed by atoms with E-state index in [0.717, 1.165) is 11.3 Å².